The number of benzene rings is 2. The monoisotopic (exact) mass is 444 g/mol. The summed E-state index contributed by atoms with van der Waals surface area (Å²) in [4.78, 5) is 16.8. The van der Waals surface area contributed by atoms with Crippen LogP contribution in [-0.4, -0.2) is 38.1 Å². The summed E-state index contributed by atoms with van der Waals surface area (Å²) in [5.74, 6) is 0.965. The van der Waals surface area contributed by atoms with Gasteiger partial charge in [-0.15, -0.1) is 0 Å². The Labute approximate surface area is 176 Å². The second kappa shape index (κ2) is 9.97. The number of halogens is 1. The molecule has 0 atom stereocenters. The highest BCUT2D eigenvalue weighted by Crippen LogP contribution is 2.26. The third-order valence-electron chi connectivity index (χ3n) is 5.35. The van der Waals surface area contributed by atoms with E-state index in [-0.39, 0.29) is 5.91 Å². The van der Waals surface area contributed by atoms with E-state index in [9.17, 15) is 4.79 Å². The number of nitrogens with zero attached hydrogens (tertiary/aromatic N) is 2. The standard InChI is InChI=1S/C23H29BrN2O2/c1-25(23(27)13-9-18-8-12-22(28-2)21(24)16-18)17-19-6-10-20(11-7-19)26-14-4-3-5-15-26/h6-8,10-12,16H,3-5,9,13-15,17H2,1-2H3. The minimum absolute atomic E-state index is 0.159. The number of ether oxygens (including phenoxy) is 1. The van der Waals surface area contributed by atoms with Crippen LogP contribution in [0.4, 0.5) is 5.69 Å². The highest BCUT2D eigenvalue weighted by atomic mass is 79.9. The molecule has 0 bridgehead atoms. The first-order valence-corrected chi connectivity index (χ1v) is 10.8. The van der Waals surface area contributed by atoms with E-state index in [1.54, 1.807) is 7.11 Å². The van der Waals surface area contributed by atoms with Gasteiger partial charge in [-0.3, -0.25) is 4.79 Å². The van der Waals surface area contributed by atoms with Crippen LogP contribution in [0.5, 0.6) is 5.75 Å². The van der Waals surface area contributed by atoms with Gasteiger partial charge in [0.1, 0.15) is 5.75 Å². The molecule has 5 heteroatoms. The van der Waals surface area contributed by atoms with Gasteiger partial charge in [-0.25, -0.2) is 0 Å². The summed E-state index contributed by atoms with van der Waals surface area (Å²) in [7, 11) is 3.53. The van der Waals surface area contributed by atoms with Crippen molar-refractivity contribution in [3.8, 4) is 5.75 Å². The smallest absolute Gasteiger partial charge is 0.222 e. The van der Waals surface area contributed by atoms with Crippen LogP contribution in [0.25, 0.3) is 0 Å². The van der Waals surface area contributed by atoms with Gasteiger partial charge in [0.2, 0.25) is 5.91 Å². The number of piperidine rings is 1. The Kier molecular flexibility index (Phi) is 7.37. The molecule has 0 aliphatic carbocycles. The molecule has 1 amide bonds. The van der Waals surface area contributed by atoms with Gasteiger partial charge in [-0.05, 0) is 77.0 Å². The molecule has 2 aromatic carbocycles. The fourth-order valence-electron chi connectivity index (χ4n) is 3.63. The average Bonchev–Trinajstić information content (AvgIpc) is 2.73. The maximum Gasteiger partial charge on any atom is 0.222 e. The molecule has 0 N–H and O–H groups in total. The van der Waals surface area contributed by atoms with Crippen molar-refractivity contribution in [3.05, 3.63) is 58.1 Å². The topological polar surface area (TPSA) is 32.8 Å². The molecule has 0 spiro atoms. The summed E-state index contributed by atoms with van der Waals surface area (Å²) in [6.45, 7) is 2.95. The number of hydrogen-bond acceptors (Lipinski definition) is 3. The highest BCUT2D eigenvalue weighted by Gasteiger charge is 2.13. The second-order valence-corrected chi connectivity index (χ2v) is 8.29. The van der Waals surface area contributed by atoms with Crippen molar-refractivity contribution in [1.82, 2.24) is 4.90 Å². The fraction of sp³-hybridized carbons (Fsp3) is 0.435. The number of amides is 1. The Morgan fingerprint density at radius 3 is 2.39 bits per heavy atom. The minimum Gasteiger partial charge on any atom is -0.496 e. The van der Waals surface area contributed by atoms with E-state index in [0.29, 0.717) is 13.0 Å². The zero-order chi connectivity index (χ0) is 19.9. The number of carbonyl (C=O) groups excluding carboxylic acids is 1. The number of anilines is 1. The fourth-order valence-corrected chi connectivity index (χ4v) is 4.22. The molecule has 0 radical (unpaired) electrons. The van der Waals surface area contributed by atoms with Gasteiger partial charge in [0, 0.05) is 38.8 Å². The number of aryl methyl sites for hydroxylation is 1. The summed E-state index contributed by atoms with van der Waals surface area (Å²) in [5.41, 5.74) is 3.59. The van der Waals surface area contributed by atoms with E-state index in [4.69, 9.17) is 4.74 Å². The first kappa shape index (κ1) is 20.7. The third-order valence-corrected chi connectivity index (χ3v) is 5.97. The van der Waals surface area contributed by atoms with Crippen LogP contribution in [0.15, 0.2) is 46.9 Å². The Balaban J connectivity index is 1.50. The van der Waals surface area contributed by atoms with Crippen LogP contribution in [-0.2, 0) is 17.8 Å². The van der Waals surface area contributed by atoms with E-state index in [1.807, 2.05) is 30.1 Å². The summed E-state index contributed by atoms with van der Waals surface area (Å²) >= 11 is 3.50. The van der Waals surface area contributed by atoms with Crippen molar-refractivity contribution in [3.63, 3.8) is 0 Å². The molecular formula is C23H29BrN2O2. The maximum atomic E-state index is 12.5. The average molecular weight is 445 g/mol. The summed E-state index contributed by atoms with van der Waals surface area (Å²) in [5, 5.41) is 0. The summed E-state index contributed by atoms with van der Waals surface area (Å²) in [6, 6.07) is 14.6. The molecule has 150 valence electrons. The highest BCUT2D eigenvalue weighted by molar-refractivity contribution is 9.10. The largest absolute Gasteiger partial charge is 0.496 e. The molecule has 1 heterocycles. The van der Waals surface area contributed by atoms with Crippen molar-refractivity contribution >= 4 is 27.5 Å². The van der Waals surface area contributed by atoms with Gasteiger partial charge >= 0.3 is 0 Å². The van der Waals surface area contributed by atoms with E-state index in [0.717, 1.165) is 35.3 Å². The quantitative estimate of drug-likeness (QED) is 0.599. The van der Waals surface area contributed by atoms with Gasteiger partial charge < -0.3 is 14.5 Å². The normalized spacial score (nSPS) is 14.0. The predicted octanol–water partition coefficient (Wildman–Crippen LogP) is 5.04. The number of hydrogen-bond donors (Lipinski definition) is 0. The lowest BCUT2D eigenvalue weighted by Gasteiger charge is -2.29. The SMILES string of the molecule is COc1ccc(CCC(=O)N(C)Cc2ccc(N3CCCCC3)cc2)cc1Br. The van der Waals surface area contributed by atoms with E-state index < -0.39 is 0 Å². The van der Waals surface area contributed by atoms with Crippen LogP contribution >= 0.6 is 15.9 Å². The molecule has 28 heavy (non-hydrogen) atoms. The lowest BCUT2D eigenvalue weighted by atomic mass is 10.1. The summed E-state index contributed by atoms with van der Waals surface area (Å²) < 4.78 is 6.17. The van der Waals surface area contributed by atoms with Gasteiger partial charge in [-0.2, -0.15) is 0 Å². The van der Waals surface area contributed by atoms with Crippen LogP contribution in [0, 0.1) is 0 Å². The van der Waals surface area contributed by atoms with Crippen molar-refractivity contribution in [2.24, 2.45) is 0 Å². The zero-order valence-corrected chi connectivity index (χ0v) is 18.4. The molecule has 2 aromatic rings. The molecule has 3 rings (SSSR count). The Bertz CT molecular complexity index is 786. The second-order valence-electron chi connectivity index (χ2n) is 7.43. The Morgan fingerprint density at radius 2 is 1.75 bits per heavy atom. The van der Waals surface area contributed by atoms with Crippen LogP contribution in [0.2, 0.25) is 0 Å². The van der Waals surface area contributed by atoms with Crippen molar-refractivity contribution in [1.29, 1.82) is 0 Å². The lowest BCUT2D eigenvalue weighted by Crippen LogP contribution is -2.29. The van der Waals surface area contributed by atoms with E-state index >= 15 is 0 Å². The van der Waals surface area contributed by atoms with Gasteiger partial charge in [-0.1, -0.05) is 18.2 Å². The van der Waals surface area contributed by atoms with Crippen molar-refractivity contribution in [2.45, 2.75) is 38.6 Å². The number of methoxy groups -OCH3 is 1. The molecule has 1 aliphatic rings. The van der Waals surface area contributed by atoms with Crippen LogP contribution < -0.4 is 9.64 Å². The maximum absolute atomic E-state index is 12.5. The molecule has 0 saturated carbocycles. The Morgan fingerprint density at radius 1 is 1.07 bits per heavy atom. The first-order chi connectivity index (χ1) is 13.6. The van der Waals surface area contributed by atoms with Gasteiger partial charge in [0.25, 0.3) is 0 Å². The summed E-state index contributed by atoms with van der Waals surface area (Å²) in [6.07, 6.45) is 5.13. The predicted molar refractivity (Wildman–Crippen MR) is 118 cm³/mol. The van der Waals surface area contributed by atoms with Crippen LogP contribution in [0.3, 0.4) is 0 Å². The number of rotatable bonds is 7. The molecule has 0 aromatic heterocycles. The lowest BCUT2D eigenvalue weighted by molar-refractivity contribution is -0.130. The number of carbonyl (C=O) groups is 1. The minimum atomic E-state index is 0.159. The first-order valence-electron chi connectivity index (χ1n) is 9.97. The van der Waals surface area contributed by atoms with E-state index in [2.05, 4.69) is 45.1 Å². The molecule has 4 nitrogen and oxygen atoms in total. The zero-order valence-electron chi connectivity index (χ0n) is 16.8. The van der Waals surface area contributed by atoms with E-state index in [1.165, 1.54) is 30.5 Å². The molecular weight excluding hydrogens is 416 g/mol. The van der Waals surface area contributed by atoms with Gasteiger partial charge in [0.05, 0.1) is 11.6 Å². The van der Waals surface area contributed by atoms with Crippen molar-refractivity contribution in [2.75, 3.05) is 32.1 Å². The third kappa shape index (κ3) is 5.51. The molecule has 0 unspecified atom stereocenters. The molecule has 1 aliphatic heterocycles. The van der Waals surface area contributed by atoms with Gasteiger partial charge in [0.15, 0.2) is 0 Å². The van der Waals surface area contributed by atoms with Crippen molar-refractivity contribution < 1.29 is 9.53 Å². The molecule has 1 fully saturated rings. The molecule has 1 saturated heterocycles. The van der Waals surface area contributed by atoms with Crippen LogP contribution in [0.1, 0.15) is 36.8 Å². The Hall–Kier alpha value is -2.01.